The van der Waals surface area contributed by atoms with Crippen LogP contribution in [0.4, 0.5) is 4.79 Å². The first kappa shape index (κ1) is 23.8. The molecule has 0 spiro atoms. The fourth-order valence-electron chi connectivity index (χ4n) is 2.94. The Labute approximate surface area is 200 Å². The van der Waals surface area contributed by atoms with E-state index < -0.39 is 0 Å². The summed E-state index contributed by atoms with van der Waals surface area (Å²) in [6.07, 6.45) is 2.32. The van der Waals surface area contributed by atoms with Crippen molar-refractivity contribution >= 4 is 63.8 Å². The van der Waals surface area contributed by atoms with E-state index in [1.807, 2.05) is 13.8 Å². The first-order valence-corrected chi connectivity index (χ1v) is 11.4. The standard InChI is InChI=1S/C22H20Cl3NO4S/c1-4-12(2)26-21(27)19(31-22(26)28)10-14-8-17(25)20(18(9-14)29-3)30-11-13-5-6-15(23)16(24)7-13/h5-10,12H,4,11H2,1-3H3/b19-10+/t12-/m0/s1. The molecule has 0 aliphatic carbocycles. The van der Waals surface area contributed by atoms with Gasteiger partial charge in [-0.15, -0.1) is 0 Å². The molecule has 0 radical (unpaired) electrons. The lowest BCUT2D eigenvalue weighted by Crippen LogP contribution is -2.36. The van der Waals surface area contributed by atoms with E-state index in [-0.39, 0.29) is 23.8 Å². The van der Waals surface area contributed by atoms with Crippen LogP contribution >= 0.6 is 46.6 Å². The quantitative estimate of drug-likeness (QED) is 0.381. The molecule has 1 heterocycles. The molecule has 2 amide bonds. The van der Waals surface area contributed by atoms with Crippen LogP contribution in [0.25, 0.3) is 6.08 Å². The lowest BCUT2D eigenvalue weighted by Gasteiger charge is -2.19. The molecule has 1 saturated heterocycles. The summed E-state index contributed by atoms with van der Waals surface area (Å²) in [5.74, 6) is 0.458. The van der Waals surface area contributed by atoms with Crippen molar-refractivity contribution in [3.63, 3.8) is 0 Å². The molecule has 0 unspecified atom stereocenters. The van der Waals surface area contributed by atoms with E-state index in [0.717, 1.165) is 17.3 Å². The molecule has 31 heavy (non-hydrogen) atoms. The maximum absolute atomic E-state index is 12.6. The van der Waals surface area contributed by atoms with Crippen molar-refractivity contribution in [3.8, 4) is 11.5 Å². The van der Waals surface area contributed by atoms with E-state index >= 15 is 0 Å². The van der Waals surface area contributed by atoms with Gasteiger partial charge in [0.1, 0.15) is 6.61 Å². The Hall–Kier alpha value is -1.86. The van der Waals surface area contributed by atoms with E-state index in [1.165, 1.54) is 12.0 Å². The van der Waals surface area contributed by atoms with Crippen LogP contribution in [0.1, 0.15) is 31.4 Å². The van der Waals surface area contributed by atoms with Crippen molar-refractivity contribution in [1.29, 1.82) is 0 Å². The maximum atomic E-state index is 12.6. The SMILES string of the molecule is CC[C@H](C)N1C(=O)S/C(=C/c2cc(Cl)c(OCc3ccc(Cl)c(Cl)c3)c(OC)c2)C1=O. The molecule has 1 aliphatic heterocycles. The second kappa shape index (κ2) is 10.2. The van der Waals surface area contributed by atoms with Gasteiger partial charge in [-0.2, -0.15) is 0 Å². The van der Waals surface area contributed by atoms with Crippen LogP contribution in [-0.4, -0.2) is 29.2 Å². The molecular formula is C22H20Cl3NO4S. The van der Waals surface area contributed by atoms with Crippen LogP contribution in [0.2, 0.25) is 15.1 Å². The van der Waals surface area contributed by atoms with Gasteiger partial charge in [-0.1, -0.05) is 47.8 Å². The van der Waals surface area contributed by atoms with Gasteiger partial charge in [0.05, 0.1) is 27.1 Å². The summed E-state index contributed by atoms with van der Waals surface area (Å²) >= 11 is 19.3. The van der Waals surface area contributed by atoms with Crippen molar-refractivity contribution in [2.24, 2.45) is 0 Å². The average molecular weight is 501 g/mol. The van der Waals surface area contributed by atoms with Gasteiger partial charge in [-0.3, -0.25) is 14.5 Å². The summed E-state index contributed by atoms with van der Waals surface area (Å²) < 4.78 is 11.3. The highest BCUT2D eigenvalue weighted by atomic mass is 35.5. The molecule has 0 aromatic heterocycles. The Kier molecular flexibility index (Phi) is 7.81. The van der Waals surface area contributed by atoms with Crippen LogP contribution in [-0.2, 0) is 11.4 Å². The smallest absolute Gasteiger partial charge is 0.293 e. The summed E-state index contributed by atoms with van der Waals surface area (Å²) in [5, 5.41) is 0.933. The minimum atomic E-state index is -0.306. The zero-order chi connectivity index (χ0) is 22.7. The van der Waals surface area contributed by atoms with Gasteiger partial charge in [0.25, 0.3) is 11.1 Å². The highest BCUT2D eigenvalue weighted by Crippen LogP contribution is 2.40. The van der Waals surface area contributed by atoms with Gasteiger partial charge in [-0.25, -0.2) is 0 Å². The number of imide groups is 1. The summed E-state index contributed by atoms with van der Waals surface area (Å²) in [7, 11) is 1.50. The lowest BCUT2D eigenvalue weighted by molar-refractivity contribution is -0.124. The van der Waals surface area contributed by atoms with Gasteiger partial charge in [0, 0.05) is 6.04 Å². The van der Waals surface area contributed by atoms with E-state index in [9.17, 15) is 9.59 Å². The minimum Gasteiger partial charge on any atom is -0.493 e. The Balaban J connectivity index is 1.84. The normalized spacial score (nSPS) is 16.2. The van der Waals surface area contributed by atoms with Crippen molar-refractivity contribution < 1.29 is 19.1 Å². The molecule has 0 bridgehead atoms. The molecule has 5 nitrogen and oxygen atoms in total. The van der Waals surface area contributed by atoms with Gasteiger partial charge in [0.15, 0.2) is 11.5 Å². The van der Waals surface area contributed by atoms with Crippen LogP contribution < -0.4 is 9.47 Å². The van der Waals surface area contributed by atoms with Crippen LogP contribution in [0.3, 0.4) is 0 Å². The van der Waals surface area contributed by atoms with Gasteiger partial charge in [-0.05, 0) is 66.6 Å². The number of nitrogens with zero attached hydrogens (tertiary/aromatic N) is 1. The van der Waals surface area contributed by atoms with Crippen LogP contribution in [0.15, 0.2) is 35.2 Å². The predicted octanol–water partition coefficient (Wildman–Crippen LogP) is 7.07. The summed E-state index contributed by atoms with van der Waals surface area (Å²) in [5.41, 5.74) is 1.44. The Bertz CT molecular complexity index is 1060. The third-order valence-corrected chi connectivity index (χ3v) is 6.68. The largest absolute Gasteiger partial charge is 0.493 e. The molecule has 1 fully saturated rings. The third-order valence-electron chi connectivity index (χ3n) is 4.77. The second-order valence-electron chi connectivity index (χ2n) is 6.88. The fourth-order valence-corrected chi connectivity index (χ4v) is 4.47. The fraction of sp³-hybridized carbons (Fsp3) is 0.273. The number of benzene rings is 2. The predicted molar refractivity (Wildman–Crippen MR) is 126 cm³/mol. The molecule has 2 aromatic carbocycles. The summed E-state index contributed by atoms with van der Waals surface area (Å²) in [6, 6.07) is 8.41. The molecule has 1 aliphatic rings. The molecule has 164 valence electrons. The van der Waals surface area contributed by atoms with Gasteiger partial charge < -0.3 is 9.47 Å². The minimum absolute atomic E-state index is 0.159. The number of methoxy groups -OCH3 is 1. The molecule has 2 aromatic rings. The Morgan fingerprint density at radius 1 is 1.10 bits per heavy atom. The second-order valence-corrected chi connectivity index (χ2v) is 9.10. The van der Waals surface area contributed by atoms with Crippen molar-refractivity contribution in [3.05, 3.63) is 61.4 Å². The number of ether oxygens (including phenoxy) is 2. The molecule has 3 rings (SSSR count). The zero-order valence-corrected chi connectivity index (χ0v) is 20.2. The van der Waals surface area contributed by atoms with E-state index in [1.54, 1.807) is 36.4 Å². The van der Waals surface area contributed by atoms with Gasteiger partial charge in [0.2, 0.25) is 0 Å². The monoisotopic (exact) mass is 499 g/mol. The van der Waals surface area contributed by atoms with Crippen molar-refractivity contribution in [2.45, 2.75) is 32.9 Å². The number of carbonyl (C=O) groups is 2. The number of thioether (sulfide) groups is 1. The van der Waals surface area contributed by atoms with E-state index in [4.69, 9.17) is 44.3 Å². The molecule has 0 N–H and O–H groups in total. The van der Waals surface area contributed by atoms with E-state index in [0.29, 0.717) is 43.5 Å². The number of rotatable bonds is 7. The van der Waals surface area contributed by atoms with Crippen molar-refractivity contribution in [2.75, 3.05) is 7.11 Å². The summed E-state index contributed by atoms with van der Waals surface area (Å²) in [6.45, 7) is 3.98. The van der Waals surface area contributed by atoms with Crippen LogP contribution in [0.5, 0.6) is 11.5 Å². The third kappa shape index (κ3) is 5.32. The number of halogens is 3. The highest BCUT2D eigenvalue weighted by molar-refractivity contribution is 8.18. The van der Waals surface area contributed by atoms with E-state index in [2.05, 4.69) is 0 Å². The molecule has 1 atom stereocenters. The lowest BCUT2D eigenvalue weighted by atomic mass is 10.1. The number of hydrogen-bond acceptors (Lipinski definition) is 5. The average Bonchev–Trinajstić information content (AvgIpc) is 3.01. The Morgan fingerprint density at radius 2 is 1.84 bits per heavy atom. The maximum Gasteiger partial charge on any atom is 0.293 e. The van der Waals surface area contributed by atoms with Crippen molar-refractivity contribution in [1.82, 2.24) is 4.90 Å². The summed E-state index contributed by atoms with van der Waals surface area (Å²) in [4.78, 5) is 26.5. The molecule has 0 saturated carbocycles. The molecular weight excluding hydrogens is 481 g/mol. The highest BCUT2D eigenvalue weighted by Gasteiger charge is 2.37. The first-order chi connectivity index (χ1) is 14.7. The number of carbonyl (C=O) groups excluding carboxylic acids is 2. The topological polar surface area (TPSA) is 55.8 Å². The zero-order valence-electron chi connectivity index (χ0n) is 17.1. The molecule has 9 heteroatoms. The number of amides is 2. The Morgan fingerprint density at radius 3 is 2.48 bits per heavy atom. The number of hydrogen-bond donors (Lipinski definition) is 0. The van der Waals surface area contributed by atoms with Crippen LogP contribution in [0, 0.1) is 0 Å². The first-order valence-electron chi connectivity index (χ1n) is 9.46. The van der Waals surface area contributed by atoms with Gasteiger partial charge >= 0.3 is 0 Å².